The lowest BCUT2D eigenvalue weighted by atomic mass is 9.73. The predicted molar refractivity (Wildman–Crippen MR) is 108 cm³/mol. The van der Waals surface area contributed by atoms with Crippen LogP contribution in [0.3, 0.4) is 0 Å². The molecule has 27 heavy (non-hydrogen) atoms. The Hall–Kier alpha value is -1.91. The molecule has 1 N–H and O–H groups in total. The largest absolute Gasteiger partial charge is 0.396 e. The van der Waals surface area contributed by atoms with Crippen molar-refractivity contribution in [2.75, 3.05) is 32.8 Å². The monoisotopic (exact) mass is 366 g/mol. The lowest BCUT2D eigenvalue weighted by molar-refractivity contribution is -0.139. The van der Waals surface area contributed by atoms with Crippen molar-refractivity contribution in [2.24, 2.45) is 5.41 Å². The van der Waals surface area contributed by atoms with E-state index >= 15 is 0 Å². The summed E-state index contributed by atoms with van der Waals surface area (Å²) in [4.78, 5) is 16.9. The second-order valence-corrected chi connectivity index (χ2v) is 8.34. The van der Waals surface area contributed by atoms with Crippen LogP contribution < -0.4 is 0 Å². The molecule has 0 saturated carbocycles. The normalized spacial score (nSPS) is 24.0. The number of fused-ring (bicyclic) bond motifs is 1. The van der Waals surface area contributed by atoms with Gasteiger partial charge in [0.25, 0.3) is 0 Å². The number of nitrogens with zero attached hydrogens (tertiary/aromatic N) is 2. The number of carbonyl (C=O) groups excluding carboxylic acids is 1. The van der Waals surface area contributed by atoms with Crippen LogP contribution in [-0.2, 0) is 11.3 Å². The Bertz CT molecular complexity index is 801. The second kappa shape index (κ2) is 7.99. The predicted octanol–water partition coefficient (Wildman–Crippen LogP) is 3.43. The van der Waals surface area contributed by atoms with Gasteiger partial charge in [0.15, 0.2) is 0 Å². The zero-order valence-corrected chi connectivity index (χ0v) is 16.1. The summed E-state index contributed by atoms with van der Waals surface area (Å²) in [5, 5.41) is 11.8. The van der Waals surface area contributed by atoms with E-state index < -0.39 is 0 Å². The van der Waals surface area contributed by atoms with Crippen LogP contribution in [0, 0.1) is 5.41 Å². The third kappa shape index (κ3) is 4.02. The number of aliphatic hydroxyl groups excluding tert-OH is 1. The van der Waals surface area contributed by atoms with E-state index in [-0.39, 0.29) is 17.9 Å². The Morgan fingerprint density at radius 1 is 1.04 bits per heavy atom. The first kappa shape index (κ1) is 18.5. The van der Waals surface area contributed by atoms with E-state index in [0.29, 0.717) is 19.4 Å². The van der Waals surface area contributed by atoms with Gasteiger partial charge >= 0.3 is 0 Å². The van der Waals surface area contributed by atoms with Crippen molar-refractivity contribution in [3.05, 3.63) is 48.0 Å². The quantitative estimate of drug-likeness (QED) is 0.882. The summed E-state index contributed by atoms with van der Waals surface area (Å²) in [5.74, 6) is 0.264. The lowest BCUT2D eigenvalue weighted by Crippen LogP contribution is -2.54. The molecule has 4 rings (SSSR count). The molecule has 2 aliphatic rings. The first-order valence-corrected chi connectivity index (χ1v) is 10.3. The fourth-order valence-electron chi connectivity index (χ4n) is 5.02. The fourth-order valence-corrected chi connectivity index (χ4v) is 5.02. The second-order valence-electron chi connectivity index (χ2n) is 8.34. The van der Waals surface area contributed by atoms with E-state index in [0.717, 1.165) is 32.6 Å². The molecule has 1 amide bonds. The molecule has 1 atom stereocenters. The van der Waals surface area contributed by atoms with Gasteiger partial charge in [-0.3, -0.25) is 9.69 Å². The van der Waals surface area contributed by atoms with Crippen molar-refractivity contribution in [1.82, 2.24) is 9.80 Å². The van der Waals surface area contributed by atoms with E-state index in [9.17, 15) is 4.79 Å². The molecule has 144 valence electrons. The summed E-state index contributed by atoms with van der Waals surface area (Å²) in [6.45, 7) is 4.89. The minimum Gasteiger partial charge on any atom is -0.396 e. The van der Waals surface area contributed by atoms with Crippen molar-refractivity contribution in [3.8, 4) is 0 Å². The molecule has 0 radical (unpaired) electrons. The highest BCUT2D eigenvalue weighted by molar-refractivity contribution is 5.85. The minimum absolute atomic E-state index is 0.157. The first-order chi connectivity index (χ1) is 13.2. The highest BCUT2D eigenvalue weighted by Gasteiger charge is 2.41. The Labute approximate surface area is 161 Å². The first-order valence-electron chi connectivity index (χ1n) is 10.3. The molecule has 0 unspecified atom stereocenters. The minimum atomic E-state index is 0.157. The summed E-state index contributed by atoms with van der Waals surface area (Å²) < 4.78 is 0. The van der Waals surface area contributed by atoms with Crippen LogP contribution in [0.25, 0.3) is 10.8 Å². The molecule has 1 spiro atoms. The van der Waals surface area contributed by atoms with Gasteiger partial charge in [0, 0.05) is 44.6 Å². The number of amides is 1. The molecule has 2 saturated heterocycles. The van der Waals surface area contributed by atoms with Gasteiger partial charge in [0.1, 0.15) is 0 Å². The average molecular weight is 367 g/mol. The summed E-state index contributed by atoms with van der Waals surface area (Å²) >= 11 is 0. The molecule has 0 aliphatic carbocycles. The third-order valence-corrected chi connectivity index (χ3v) is 6.35. The highest BCUT2D eigenvalue weighted by atomic mass is 16.3. The number of hydrogen-bond acceptors (Lipinski definition) is 3. The summed E-state index contributed by atoms with van der Waals surface area (Å²) in [5.41, 5.74) is 1.63. The topological polar surface area (TPSA) is 43.8 Å². The van der Waals surface area contributed by atoms with Crippen molar-refractivity contribution in [1.29, 1.82) is 0 Å². The Balaban J connectivity index is 1.48. The molecule has 2 aromatic rings. The fraction of sp³-hybridized carbons (Fsp3) is 0.522. The zero-order valence-electron chi connectivity index (χ0n) is 16.1. The Morgan fingerprint density at radius 2 is 1.89 bits per heavy atom. The third-order valence-electron chi connectivity index (χ3n) is 6.35. The number of rotatable bonds is 5. The number of aliphatic hydroxyl groups is 1. The van der Waals surface area contributed by atoms with Crippen LogP contribution in [0.2, 0.25) is 0 Å². The number of benzene rings is 2. The Morgan fingerprint density at radius 3 is 2.78 bits per heavy atom. The highest BCUT2D eigenvalue weighted by Crippen LogP contribution is 2.39. The molecule has 2 aliphatic heterocycles. The van der Waals surface area contributed by atoms with Crippen LogP contribution in [0.5, 0.6) is 0 Å². The van der Waals surface area contributed by atoms with Gasteiger partial charge in [-0.2, -0.15) is 0 Å². The maximum absolute atomic E-state index is 12.3. The average Bonchev–Trinajstić information content (AvgIpc) is 2.69. The maximum atomic E-state index is 12.3. The van der Waals surface area contributed by atoms with Crippen molar-refractivity contribution >= 4 is 16.7 Å². The van der Waals surface area contributed by atoms with Crippen LogP contribution in [-0.4, -0.2) is 53.6 Å². The summed E-state index contributed by atoms with van der Waals surface area (Å²) in [6.07, 6.45) is 4.76. The van der Waals surface area contributed by atoms with Gasteiger partial charge in [-0.05, 0) is 48.6 Å². The zero-order chi connectivity index (χ0) is 18.7. The van der Waals surface area contributed by atoms with Crippen molar-refractivity contribution in [2.45, 2.75) is 38.6 Å². The van der Waals surface area contributed by atoms with Crippen LogP contribution in [0.15, 0.2) is 42.5 Å². The molecule has 0 bridgehead atoms. The van der Waals surface area contributed by atoms with E-state index in [1.165, 1.54) is 29.2 Å². The molecular formula is C23H30N2O2. The summed E-state index contributed by atoms with van der Waals surface area (Å²) in [6, 6.07) is 15.2. The van der Waals surface area contributed by atoms with Crippen LogP contribution >= 0.6 is 0 Å². The molecule has 4 heteroatoms. The van der Waals surface area contributed by atoms with E-state index in [1.54, 1.807) is 0 Å². The number of carbonyl (C=O) groups is 1. The van der Waals surface area contributed by atoms with Gasteiger partial charge in [0.2, 0.25) is 5.91 Å². The number of likely N-dealkylation sites (tertiary alicyclic amines) is 2. The molecule has 0 aromatic heterocycles. The molecule has 4 nitrogen and oxygen atoms in total. The smallest absolute Gasteiger partial charge is 0.222 e. The number of piperidine rings is 2. The van der Waals surface area contributed by atoms with Crippen LogP contribution in [0.4, 0.5) is 0 Å². The lowest BCUT2D eigenvalue weighted by Gasteiger charge is -2.48. The molecule has 2 aromatic carbocycles. The SMILES string of the molecule is O=C1CC[C@]2(CCCN(Cc3cccc4ccccc34)C2)CN1CCCO. The number of hydrogen-bond donors (Lipinski definition) is 1. The van der Waals surface area contributed by atoms with Crippen molar-refractivity contribution < 1.29 is 9.90 Å². The van der Waals surface area contributed by atoms with E-state index in [1.807, 2.05) is 4.90 Å². The van der Waals surface area contributed by atoms with Gasteiger partial charge in [-0.25, -0.2) is 0 Å². The standard InChI is InChI=1S/C23H30N2O2/c26-15-5-14-25-18-23(12-10-22(25)27)11-4-13-24(17-23)16-20-8-3-7-19-6-1-2-9-21(19)20/h1-3,6-9,26H,4-5,10-18H2/t23-/m0/s1. The van der Waals surface area contributed by atoms with Crippen molar-refractivity contribution in [3.63, 3.8) is 0 Å². The van der Waals surface area contributed by atoms with Gasteiger partial charge in [-0.1, -0.05) is 42.5 Å². The maximum Gasteiger partial charge on any atom is 0.222 e. The van der Waals surface area contributed by atoms with E-state index in [2.05, 4.69) is 47.4 Å². The Kier molecular flexibility index (Phi) is 5.46. The van der Waals surface area contributed by atoms with Gasteiger partial charge in [0.05, 0.1) is 0 Å². The van der Waals surface area contributed by atoms with Gasteiger partial charge in [-0.15, -0.1) is 0 Å². The molecule has 2 fully saturated rings. The summed E-state index contributed by atoms with van der Waals surface area (Å²) in [7, 11) is 0. The van der Waals surface area contributed by atoms with Crippen LogP contribution in [0.1, 0.15) is 37.7 Å². The van der Waals surface area contributed by atoms with E-state index in [4.69, 9.17) is 5.11 Å². The molecular weight excluding hydrogens is 336 g/mol. The van der Waals surface area contributed by atoms with Gasteiger partial charge < -0.3 is 10.0 Å². The molecule has 2 heterocycles.